The summed E-state index contributed by atoms with van der Waals surface area (Å²) in [5.74, 6) is 2.43. The SMILES string of the molecule is C1CC2CC2C1.CCCCCC. The zero-order valence-electron chi connectivity index (χ0n) is 8.81. The first-order chi connectivity index (χ1) is 5.88. The van der Waals surface area contributed by atoms with Crippen molar-refractivity contribution in [3.05, 3.63) is 0 Å². The van der Waals surface area contributed by atoms with Gasteiger partial charge < -0.3 is 0 Å². The zero-order chi connectivity index (χ0) is 8.81. The third kappa shape index (κ3) is 3.60. The van der Waals surface area contributed by atoms with Crippen LogP contribution in [0.4, 0.5) is 0 Å². The fraction of sp³-hybridized carbons (Fsp3) is 1.00. The van der Waals surface area contributed by atoms with Crippen molar-refractivity contribution in [3.8, 4) is 0 Å². The topological polar surface area (TPSA) is 0 Å². The third-order valence-electron chi connectivity index (χ3n) is 3.18. The van der Waals surface area contributed by atoms with Crippen LogP contribution in [0, 0.1) is 11.8 Å². The highest BCUT2D eigenvalue weighted by Crippen LogP contribution is 2.51. The summed E-state index contributed by atoms with van der Waals surface area (Å²) in [6, 6.07) is 0. The van der Waals surface area contributed by atoms with Gasteiger partial charge in [-0.3, -0.25) is 0 Å². The lowest BCUT2D eigenvalue weighted by molar-refractivity contribution is 0.702. The predicted octanol–water partition coefficient (Wildman–Crippen LogP) is 4.39. The molecule has 0 heterocycles. The van der Waals surface area contributed by atoms with Crippen molar-refractivity contribution in [2.45, 2.75) is 65.2 Å². The Balaban J connectivity index is 0.000000120. The summed E-state index contributed by atoms with van der Waals surface area (Å²) in [7, 11) is 0. The van der Waals surface area contributed by atoms with Gasteiger partial charge in [-0.1, -0.05) is 58.8 Å². The van der Waals surface area contributed by atoms with Crippen molar-refractivity contribution in [1.29, 1.82) is 0 Å². The molecular formula is C12H24. The van der Waals surface area contributed by atoms with E-state index in [1.807, 2.05) is 0 Å². The Bertz CT molecular complexity index is 94.6. The van der Waals surface area contributed by atoms with Crippen LogP contribution in [0.15, 0.2) is 0 Å². The predicted molar refractivity (Wildman–Crippen MR) is 55.3 cm³/mol. The summed E-state index contributed by atoms with van der Waals surface area (Å²) in [6.07, 6.45) is 11.8. The molecular weight excluding hydrogens is 144 g/mol. The van der Waals surface area contributed by atoms with Gasteiger partial charge in [0.2, 0.25) is 0 Å². The molecule has 2 aliphatic rings. The molecule has 12 heavy (non-hydrogen) atoms. The van der Waals surface area contributed by atoms with Crippen LogP contribution in [0.2, 0.25) is 0 Å². The van der Waals surface area contributed by atoms with Gasteiger partial charge in [-0.05, 0) is 18.3 Å². The van der Waals surface area contributed by atoms with E-state index in [4.69, 9.17) is 0 Å². The normalized spacial score (nSPS) is 30.5. The van der Waals surface area contributed by atoms with Gasteiger partial charge in [-0.25, -0.2) is 0 Å². The Morgan fingerprint density at radius 3 is 1.58 bits per heavy atom. The van der Waals surface area contributed by atoms with E-state index >= 15 is 0 Å². The maximum atomic E-state index is 2.23. The second kappa shape index (κ2) is 5.61. The van der Waals surface area contributed by atoms with Crippen molar-refractivity contribution in [2.24, 2.45) is 11.8 Å². The molecule has 0 nitrogen and oxygen atoms in total. The van der Waals surface area contributed by atoms with Gasteiger partial charge in [-0.2, -0.15) is 0 Å². The number of hydrogen-bond acceptors (Lipinski definition) is 0. The smallest absolute Gasteiger partial charge is 0.0383 e. The Labute approximate surface area is 77.7 Å². The molecule has 0 radical (unpaired) electrons. The van der Waals surface area contributed by atoms with E-state index in [1.54, 1.807) is 19.3 Å². The Hall–Kier alpha value is 0. The van der Waals surface area contributed by atoms with Crippen molar-refractivity contribution in [3.63, 3.8) is 0 Å². The summed E-state index contributed by atoms with van der Waals surface area (Å²) in [5.41, 5.74) is 0. The molecule has 2 fully saturated rings. The van der Waals surface area contributed by atoms with Crippen molar-refractivity contribution < 1.29 is 0 Å². The number of fused-ring (bicyclic) bond motifs is 1. The van der Waals surface area contributed by atoms with Crippen LogP contribution >= 0.6 is 0 Å². The molecule has 2 atom stereocenters. The average Bonchev–Trinajstić information content (AvgIpc) is 2.72. The van der Waals surface area contributed by atoms with Gasteiger partial charge in [-0.15, -0.1) is 0 Å². The van der Waals surface area contributed by atoms with Crippen LogP contribution in [0.3, 0.4) is 0 Å². The van der Waals surface area contributed by atoms with E-state index in [-0.39, 0.29) is 0 Å². The minimum atomic E-state index is 1.21. The highest BCUT2D eigenvalue weighted by Gasteiger charge is 2.40. The van der Waals surface area contributed by atoms with Crippen LogP contribution in [0.5, 0.6) is 0 Å². The van der Waals surface area contributed by atoms with Crippen molar-refractivity contribution in [1.82, 2.24) is 0 Å². The van der Waals surface area contributed by atoms with Gasteiger partial charge in [0, 0.05) is 0 Å². The largest absolute Gasteiger partial charge is 0.0654 e. The first-order valence-electron chi connectivity index (χ1n) is 5.88. The molecule has 2 aliphatic carbocycles. The molecule has 2 unspecified atom stereocenters. The van der Waals surface area contributed by atoms with E-state index in [2.05, 4.69) is 13.8 Å². The Morgan fingerprint density at radius 2 is 1.42 bits per heavy atom. The van der Waals surface area contributed by atoms with Gasteiger partial charge >= 0.3 is 0 Å². The third-order valence-corrected chi connectivity index (χ3v) is 3.18. The quantitative estimate of drug-likeness (QED) is 0.548. The highest BCUT2D eigenvalue weighted by atomic mass is 14.5. The molecule has 0 aromatic heterocycles. The van der Waals surface area contributed by atoms with Gasteiger partial charge in [0.1, 0.15) is 0 Å². The van der Waals surface area contributed by atoms with Gasteiger partial charge in [0.25, 0.3) is 0 Å². The molecule has 0 aromatic carbocycles. The van der Waals surface area contributed by atoms with Crippen LogP contribution in [0.25, 0.3) is 0 Å². The minimum Gasteiger partial charge on any atom is -0.0654 e. The van der Waals surface area contributed by atoms with E-state index < -0.39 is 0 Å². The molecule has 0 saturated heterocycles. The summed E-state index contributed by atoms with van der Waals surface area (Å²) < 4.78 is 0. The van der Waals surface area contributed by atoms with Crippen LogP contribution in [0.1, 0.15) is 65.2 Å². The first kappa shape index (κ1) is 10.1. The number of hydrogen-bond donors (Lipinski definition) is 0. The maximum absolute atomic E-state index is 2.23. The van der Waals surface area contributed by atoms with Crippen LogP contribution in [-0.4, -0.2) is 0 Å². The lowest BCUT2D eigenvalue weighted by Crippen LogP contribution is -1.66. The fourth-order valence-corrected chi connectivity index (χ4v) is 2.16. The summed E-state index contributed by atoms with van der Waals surface area (Å²) in [4.78, 5) is 0. The summed E-state index contributed by atoms with van der Waals surface area (Å²) >= 11 is 0. The van der Waals surface area contributed by atoms with E-state index in [0.29, 0.717) is 0 Å². The summed E-state index contributed by atoms with van der Waals surface area (Å²) in [5, 5.41) is 0. The molecule has 0 amide bonds. The van der Waals surface area contributed by atoms with Gasteiger partial charge in [0.15, 0.2) is 0 Å². The number of rotatable bonds is 3. The van der Waals surface area contributed by atoms with E-state index in [9.17, 15) is 0 Å². The van der Waals surface area contributed by atoms with Gasteiger partial charge in [0.05, 0.1) is 0 Å². The van der Waals surface area contributed by atoms with Crippen LogP contribution in [-0.2, 0) is 0 Å². The fourth-order valence-electron chi connectivity index (χ4n) is 2.16. The van der Waals surface area contributed by atoms with E-state index in [0.717, 1.165) is 0 Å². The Morgan fingerprint density at radius 1 is 0.917 bits per heavy atom. The lowest BCUT2D eigenvalue weighted by atomic mass is 10.2. The first-order valence-corrected chi connectivity index (χ1v) is 5.88. The molecule has 2 saturated carbocycles. The molecule has 0 aromatic rings. The monoisotopic (exact) mass is 168 g/mol. The van der Waals surface area contributed by atoms with Crippen LogP contribution < -0.4 is 0 Å². The maximum Gasteiger partial charge on any atom is -0.0383 e. The second-order valence-corrected chi connectivity index (χ2v) is 4.39. The standard InChI is InChI=1S/C6H10.C6H14/c1-2-5-4-6(5)3-1;1-3-5-6-4-2/h5-6H,1-4H2;3-6H2,1-2H3. The highest BCUT2D eigenvalue weighted by molar-refractivity contribution is 4.91. The molecule has 2 rings (SSSR count). The van der Waals surface area contributed by atoms with E-state index in [1.165, 1.54) is 43.9 Å². The zero-order valence-corrected chi connectivity index (χ0v) is 8.81. The lowest BCUT2D eigenvalue weighted by Gasteiger charge is -1.86. The second-order valence-electron chi connectivity index (χ2n) is 4.39. The molecule has 72 valence electrons. The molecule has 0 N–H and O–H groups in total. The van der Waals surface area contributed by atoms with Crippen molar-refractivity contribution in [2.75, 3.05) is 0 Å². The Kier molecular flexibility index (Phi) is 4.72. The molecule has 0 heteroatoms. The molecule has 0 spiro atoms. The number of unbranched alkanes of at least 4 members (excludes halogenated alkanes) is 3. The minimum absolute atomic E-state index is 1.21. The van der Waals surface area contributed by atoms with Crippen molar-refractivity contribution >= 4 is 0 Å². The molecule has 0 aliphatic heterocycles. The molecule has 0 bridgehead atoms. The average molecular weight is 168 g/mol. The summed E-state index contributed by atoms with van der Waals surface area (Å²) in [6.45, 7) is 4.46.